The number of hydrogen-bond donors (Lipinski definition) is 1. The number of amides is 1. The maximum Gasteiger partial charge on any atom is 0.339 e. The Labute approximate surface area is 113 Å². The van der Waals surface area contributed by atoms with Gasteiger partial charge >= 0.3 is 5.97 Å². The zero-order chi connectivity index (χ0) is 13.7. The first-order valence-electron chi connectivity index (χ1n) is 5.31. The van der Waals surface area contributed by atoms with Crippen molar-refractivity contribution in [3.05, 3.63) is 34.1 Å². The molecule has 1 amide bonds. The van der Waals surface area contributed by atoms with Gasteiger partial charge in [-0.15, -0.1) is 0 Å². The summed E-state index contributed by atoms with van der Waals surface area (Å²) >= 11 is 3.11. The summed E-state index contributed by atoms with van der Waals surface area (Å²) in [5.74, 6) is -1.69. The molecule has 0 heterocycles. The lowest BCUT2D eigenvalue weighted by Gasteiger charge is -2.09. The molecule has 98 valence electrons. The summed E-state index contributed by atoms with van der Waals surface area (Å²) in [4.78, 5) is 22.9. The summed E-state index contributed by atoms with van der Waals surface area (Å²) in [7, 11) is 0. The molecule has 0 unspecified atom stereocenters. The van der Waals surface area contributed by atoms with Gasteiger partial charge in [-0.2, -0.15) is 0 Å². The van der Waals surface area contributed by atoms with E-state index in [-0.39, 0.29) is 18.2 Å². The van der Waals surface area contributed by atoms with E-state index in [1.807, 2.05) is 0 Å². The van der Waals surface area contributed by atoms with Crippen LogP contribution in [0.1, 0.15) is 24.2 Å². The molecule has 0 fully saturated rings. The molecule has 0 bridgehead atoms. The van der Waals surface area contributed by atoms with E-state index in [4.69, 9.17) is 4.74 Å². The third kappa shape index (κ3) is 4.44. The van der Waals surface area contributed by atoms with E-state index >= 15 is 0 Å². The molecule has 0 aliphatic heterocycles. The Kier molecular flexibility index (Phi) is 5.27. The largest absolute Gasteiger partial charge is 0.452 e. The monoisotopic (exact) mass is 317 g/mol. The normalized spacial score (nSPS) is 10.3. The molecule has 0 saturated heterocycles. The fourth-order valence-electron chi connectivity index (χ4n) is 1.23. The van der Waals surface area contributed by atoms with Crippen molar-refractivity contribution in [1.82, 2.24) is 5.32 Å². The third-order valence-electron chi connectivity index (χ3n) is 1.93. The van der Waals surface area contributed by atoms with Gasteiger partial charge in [-0.05, 0) is 48.0 Å². The van der Waals surface area contributed by atoms with Crippen LogP contribution in [0.2, 0.25) is 0 Å². The van der Waals surface area contributed by atoms with Gasteiger partial charge < -0.3 is 10.1 Å². The highest BCUT2D eigenvalue weighted by atomic mass is 79.9. The molecule has 1 aromatic rings. The van der Waals surface area contributed by atoms with Crippen LogP contribution in [-0.2, 0) is 9.53 Å². The zero-order valence-corrected chi connectivity index (χ0v) is 11.6. The minimum Gasteiger partial charge on any atom is -0.452 e. The molecule has 0 atom stereocenters. The average molecular weight is 318 g/mol. The minimum atomic E-state index is -0.750. The lowest BCUT2D eigenvalue weighted by Crippen LogP contribution is -2.34. The molecule has 1 rings (SSSR count). The van der Waals surface area contributed by atoms with E-state index in [1.165, 1.54) is 12.1 Å². The highest BCUT2D eigenvalue weighted by Crippen LogP contribution is 2.18. The number of carbonyl (C=O) groups is 2. The number of nitrogens with one attached hydrogen (secondary N) is 1. The fraction of sp³-hybridized carbons (Fsp3) is 0.333. The SMILES string of the molecule is CC(C)NC(=O)COC(=O)c1cc(F)ccc1Br. The Balaban J connectivity index is 2.60. The van der Waals surface area contributed by atoms with Gasteiger partial charge in [0.2, 0.25) is 0 Å². The first-order chi connectivity index (χ1) is 8.40. The molecule has 0 aromatic heterocycles. The number of halogens is 2. The van der Waals surface area contributed by atoms with Gasteiger partial charge in [0.05, 0.1) is 5.56 Å². The highest BCUT2D eigenvalue weighted by Gasteiger charge is 2.14. The first kappa shape index (κ1) is 14.6. The third-order valence-corrected chi connectivity index (χ3v) is 2.62. The van der Waals surface area contributed by atoms with Crippen LogP contribution in [0.15, 0.2) is 22.7 Å². The standard InChI is InChI=1S/C12H13BrFNO3/c1-7(2)15-11(16)6-18-12(17)9-5-8(14)3-4-10(9)13/h3-5,7H,6H2,1-2H3,(H,15,16). The minimum absolute atomic E-state index is 0.0305. The van der Waals surface area contributed by atoms with Gasteiger partial charge in [0.25, 0.3) is 5.91 Å². The molecular weight excluding hydrogens is 305 g/mol. The first-order valence-corrected chi connectivity index (χ1v) is 6.11. The molecule has 1 aromatic carbocycles. The summed E-state index contributed by atoms with van der Waals surface area (Å²) in [5, 5.41) is 2.57. The Morgan fingerprint density at radius 1 is 1.44 bits per heavy atom. The van der Waals surface area contributed by atoms with E-state index in [9.17, 15) is 14.0 Å². The van der Waals surface area contributed by atoms with Crippen LogP contribution in [0.4, 0.5) is 4.39 Å². The van der Waals surface area contributed by atoms with Gasteiger partial charge in [-0.3, -0.25) is 4.79 Å². The summed E-state index contributed by atoms with van der Waals surface area (Å²) in [5.41, 5.74) is 0.0485. The number of esters is 1. The molecule has 0 aliphatic carbocycles. The Hall–Kier alpha value is -1.43. The van der Waals surface area contributed by atoms with Crippen molar-refractivity contribution in [2.75, 3.05) is 6.61 Å². The van der Waals surface area contributed by atoms with Crippen molar-refractivity contribution in [2.24, 2.45) is 0 Å². The van der Waals surface area contributed by atoms with E-state index in [0.29, 0.717) is 4.47 Å². The Morgan fingerprint density at radius 2 is 2.11 bits per heavy atom. The lowest BCUT2D eigenvalue weighted by atomic mass is 10.2. The van der Waals surface area contributed by atoms with Gasteiger partial charge in [-0.1, -0.05) is 0 Å². The number of benzene rings is 1. The second-order valence-corrected chi connectivity index (χ2v) is 4.78. The predicted octanol–water partition coefficient (Wildman–Crippen LogP) is 2.27. The fourth-order valence-corrected chi connectivity index (χ4v) is 1.63. The van der Waals surface area contributed by atoms with Crippen LogP contribution in [0.5, 0.6) is 0 Å². The molecule has 0 radical (unpaired) electrons. The molecule has 6 heteroatoms. The highest BCUT2D eigenvalue weighted by molar-refractivity contribution is 9.10. The second kappa shape index (κ2) is 6.49. The molecule has 1 N–H and O–H groups in total. The smallest absolute Gasteiger partial charge is 0.339 e. The Morgan fingerprint density at radius 3 is 2.72 bits per heavy atom. The molecular formula is C12H13BrFNO3. The Bertz CT molecular complexity index is 463. The van der Waals surface area contributed by atoms with Crippen molar-refractivity contribution < 1.29 is 18.7 Å². The molecule has 0 spiro atoms. The predicted molar refractivity (Wildman–Crippen MR) is 67.7 cm³/mol. The van der Waals surface area contributed by atoms with Crippen molar-refractivity contribution in [1.29, 1.82) is 0 Å². The van der Waals surface area contributed by atoms with Crippen molar-refractivity contribution in [3.8, 4) is 0 Å². The van der Waals surface area contributed by atoms with Crippen molar-refractivity contribution >= 4 is 27.8 Å². The van der Waals surface area contributed by atoms with Crippen LogP contribution >= 0.6 is 15.9 Å². The van der Waals surface area contributed by atoms with E-state index in [2.05, 4.69) is 21.2 Å². The molecule has 18 heavy (non-hydrogen) atoms. The van der Waals surface area contributed by atoms with Crippen LogP contribution in [0.25, 0.3) is 0 Å². The van der Waals surface area contributed by atoms with Gasteiger partial charge in [0.1, 0.15) is 5.82 Å². The van der Waals surface area contributed by atoms with Gasteiger partial charge in [0.15, 0.2) is 6.61 Å². The van der Waals surface area contributed by atoms with Crippen LogP contribution < -0.4 is 5.32 Å². The zero-order valence-electron chi connectivity index (χ0n) is 10.00. The summed E-state index contributed by atoms with van der Waals surface area (Å²) < 4.78 is 18.2. The maximum atomic E-state index is 13.0. The molecule has 0 aliphatic rings. The number of ether oxygens (including phenoxy) is 1. The van der Waals surface area contributed by atoms with Crippen molar-refractivity contribution in [2.45, 2.75) is 19.9 Å². The quantitative estimate of drug-likeness (QED) is 0.867. The van der Waals surface area contributed by atoms with Crippen LogP contribution in [0.3, 0.4) is 0 Å². The number of rotatable bonds is 4. The summed E-state index contributed by atoms with van der Waals surface area (Å²) in [6.07, 6.45) is 0. The number of carbonyl (C=O) groups excluding carboxylic acids is 2. The molecule has 4 nitrogen and oxygen atoms in total. The lowest BCUT2D eigenvalue weighted by molar-refractivity contribution is -0.124. The van der Waals surface area contributed by atoms with E-state index < -0.39 is 17.7 Å². The van der Waals surface area contributed by atoms with E-state index in [1.54, 1.807) is 13.8 Å². The summed E-state index contributed by atoms with van der Waals surface area (Å²) in [6.45, 7) is 3.20. The van der Waals surface area contributed by atoms with E-state index in [0.717, 1.165) is 6.07 Å². The summed E-state index contributed by atoms with van der Waals surface area (Å²) in [6, 6.07) is 3.64. The van der Waals surface area contributed by atoms with Crippen LogP contribution in [0, 0.1) is 5.82 Å². The second-order valence-electron chi connectivity index (χ2n) is 3.92. The van der Waals surface area contributed by atoms with Crippen molar-refractivity contribution in [3.63, 3.8) is 0 Å². The maximum absolute atomic E-state index is 13.0. The molecule has 0 saturated carbocycles. The van der Waals surface area contributed by atoms with Crippen LogP contribution in [-0.4, -0.2) is 24.5 Å². The van der Waals surface area contributed by atoms with Gasteiger partial charge in [0, 0.05) is 10.5 Å². The number of hydrogen-bond acceptors (Lipinski definition) is 3. The average Bonchev–Trinajstić information content (AvgIpc) is 2.28. The topological polar surface area (TPSA) is 55.4 Å². The van der Waals surface area contributed by atoms with Gasteiger partial charge in [-0.25, -0.2) is 9.18 Å².